The highest BCUT2D eigenvalue weighted by molar-refractivity contribution is 7.88. The Bertz CT molecular complexity index is 3670. The second-order valence-corrected chi connectivity index (χ2v) is 18.4. The van der Waals surface area contributed by atoms with Crippen LogP contribution in [0.1, 0.15) is 6.92 Å². The van der Waals surface area contributed by atoms with Crippen molar-refractivity contribution < 1.29 is 56.3 Å². The van der Waals surface area contributed by atoms with Gasteiger partial charge in [-0.25, -0.2) is 0 Å². The van der Waals surface area contributed by atoms with Gasteiger partial charge in [-0.2, -0.15) is 43.2 Å². The van der Waals surface area contributed by atoms with Crippen LogP contribution in [0, 0.1) is 0 Å². The van der Waals surface area contributed by atoms with E-state index in [1.165, 1.54) is 61.6 Å². The van der Waals surface area contributed by atoms with E-state index >= 15 is 0 Å². The average Bonchev–Trinajstić information content (AvgIpc) is 3.33. The summed E-state index contributed by atoms with van der Waals surface area (Å²) in [6, 6.07) is 59.9. The highest BCUT2D eigenvalue weighted by atomic mass is 32.2. The van der Waals surface area contributed by atoms with E-state index in [9.17, 15) is 43.2 Å². The fraction of sp³-hybridized carbons (Fsp3) is 0.0943. The van der Waals surface area contributed by atoms with Crippen LogP contribution >= 0.6 is 0 Å². The molecule has 68 heavy (non-hydrogen) atoms. The molecule has 0 unspecified atom stereocenters. The lowest BCUT2D eigenvalue weighted by molar-refractivity contribution is -0.0539. The Balaban J connectivity index is 0.000000156. The summed E-state index contributed by atoms with van der Waals surface area (Å²) in [5, 5.41) is 14.2. The number of benzene rings is 10. The molecule has 0 spiro atoms. The molecule has 15 heteroatoms. The number of alkyl halides is 6. The molecule has 0 saturated carbocycles. The Kier molecular flexibility index (Phi) is 13.1. The van der Waals surface area contributed by atoms with Crippen LogP contribution in [0.4, 0.5) is 26.3 Å². The van der Waals surface area contributed by atoms with Crippen LogP contribution in [0.5, 0.6) is 11.5 Å². The first-order valence-corrected chi connectivity index (χ1v) is 23.6. The minimum absolute atomic E-state index is 0.400. The molecule has 0 aromatic heterocycles. The summed E-state index contributed by atoms with van der Waals surface area (Å²) in [6.07, 6.45) is 0. The smallest absolute Gasteiger partial charge is 0.497 e. The van der Waals surface area contributed by atoms with Crippen molar-refractivity contribution in [2.75, 3.05) is 13.7 Å². The average molecular weight is 965 g/mol. The number of ether oxygens (including phenoxy) is 1. The molecule has 0 aliphatic heterocycles. The van der Waals surface area contributed by atoms with Gasteiger partial charge in [-0.15, -0.1) is 0 Å². The van der Waals surface area contributed by atoms with Gasteiger partial charge in [-0.1, -0.05) is 146 Å². The fourth-order valence-electron chi connectivity index (χ4n) is 8.10. The van der Waals surface area contributed by atoms with E-state index in [4.69, 9.17) is 4.74 Å². The molecule has 0 heterocycles. The number of halogens is 6. The van der Waals surface area contributed by atoms with Gasteiger partial charge in [0, 0.05) is 0 Å². The van der Waals surface area contributed by atoms with E-state index in [0.29, 0.717) is 5.56 Å². The number of rotatable bonds is 7. The largest absolute Gasteiger partial charge is 0.534 e. The summed E-state index contributed by atoms with van der Waals surface area (Å²) >= 11 is 0. The second kappa shape index (κ2) is 18.8. The van der Waals surface area contributed by atoms with Gasteiger partial charge in [0.25, 0.3) is 0 Å². The van der Waals surface area contributed by atoms with E-state index < -0.39 is 43.6 Å². The molecule has 0 fully saturated rings. The van der Waals surface area contributed by atoms with Crippen LogP contribution in [0.15, 0.2) is 182 Å². The van der Waals surface area contributed by atoms with Crippen LogP contribution in [0.2, 0.25) is 0 Å². The van der Waals surface area contributed by atoms with Crippen molar-refractivity contribution in [3.05, 3.63) is 182 Å². The molecule has 0 radical (unpaired) electrons. The van der Waals surface area contributed by atoms with E-state index in [0.717, 1.165) is 50.6 Å². The van der Waals surface area contributed by atoms with Crippen molar-refractivity contribution in [1.29, 1.82) is 0 Å². The van der Waals surface area contributed by atoms with Crippen molar-refractivity contribution in [2.24, 2.45) is 0 Å². The van der Waals surface area contributed by atoms with Gasteiger partial charge < -0.3 is 8.92 Å². The van der Waals surface area contributed by atoms with E-state index in [1.54, 1.807) is 13.2 Å². The Labute approximate surface area is 387 Å². The third kappa shape index (κ3) is 9.50. The molecule has 0 aliphatic carbocycles. The van der Waals surface area contributed by atoms with Gasteiger partial charge in [0.1, 0.15) is 11.5 Å². The number of hydrogen-bond acceptors (Lipinski definition) is 7. The van der Waals surface area contributed by atoms with Crippen molar-refractivity contribution in [3.63, 3.8) is 0 Å². The lowest BCUT2D eigenvalue weighted by Crippen LogP contribution is -2.28. The topological polar surface area (TPSA) is 96.0 Å². The standard InChI is InChI=1S/C25H15F3O3S.C25H18O.C3H5F3O3S/c26-25(27,28)32(29,30)31-18-7-5-6-16(14-18)17-12-13-23-21-10-2-1-8-19(21)20-9-3-4-11-22(20)24(23)15-17;1-26-19-8-6-7-17(15-19)18-13-14-24-22-11-3-2-9-20(22)21-10-4-5-12-23(21)25(24)16-18;1-2-9-10(7,8)3(4,5)6/h1-15H;2-16H,1H3;2H2,1H3. The molecule has 10 aromatic rings. The van der Waals surface area contributed by atoms with Gasteiger partial charge in [0.05, 0.1) is 13.7 Å². The maximum atomic E-state index is 12.7. The SMILES string of the molecule is CCOS(=O)(=O)C(F)(F)F.COc1cccc(-c2ccc3c4ccccc4c4ccccc4c3c2)c1.O=S(=O)(Oc1cccc(-c2ccc3c4ccccc4c4ccccc4c3c2)c1)C(F)(F)F. The molecular weight excluding hydrogens is 927 g/mol. The van der Waals surface area contributed by atoms with Crippen molar-refractivity contribution in [1.82, 2.24) is 0 Å². The number of methoxy groups -OCH3 is 1. The van der Waals surface area contributed by atoms with Crippen molar-refractivity contribution in [2.45, 2.75) is 17.9 Å². The summed E-state index contributed by atoms with van der Waals surface area (Å²) in [5.41, 5.74) is -7.15. The lowest BCUT2D eigenvalue weighted by Gasteiger charge is -2.13. The normalized spacial score (nSPS) is 12.2. The van der Waals surface area contributed by atoms with Gasteiger partial charge in [-0.3, -0.25) is 4.18 Å². The molecule has 0 amide bonds. The zero-order chi connectivity index (χ0) is 48.4. The monoisotopic (exact) mass is 964 g/mol. The summed E-state index contributed by atoms with van der Waals surface area (Å²) in [5.74, 6) is 0.481. The zero-order valence-electron chi connectivity index (χ0n) is 36.0. The Hall–Kier alpha value is -7.20. The zero-order valence-corrected chi connectivity index (χ0v) is 37.6. The minimum atomic E-state index is -5.74. The maximum Gasteiger partial charge on any atom is 0.534 e. The van der Waals surface area contributed by atoms with Gasteiger partial charge >= 0.3 is 31.3 Å². The summed E-state index contributed by atoms with van der Waals surface area (Å²) in [4.78, 5) is 0. The molecule has 0 N–H and O–H groups in total. The van der Waals surface area contributed by atoms with Crippen LogP contribution < -0.4 is 8.92 Å². The molecule has 10 rings (SSSR count). The molecule has 0 bridgehead atoms. The Morgan fingerprint density at radius 1 is 0.368 bits per heavy atom. The van der Waals surface area contributed by atoms with E-state index in [2.05, 4.69) is 105 Å². The molecule has 346 valence electrons. The van der Waals surface area contributed by atoms with Crippen LogP contribution in [0.25, 0.3) is 86.9 Å². The Morgan fingerprint density at radius 3 is 1.00 bits per heavy atom. The summed E-state index contributed by atoms with van der Waals surface area (Å²) in [7, 11) is -9.38. The second-order valence-electron chi connectivity index (χ2n) is 15.3. The molecular formula is C53H38F6O7S2. The molecule has 10 aromatic carbocycles. The summed E-state index contributed by atoms with van der Waals surface area (Å²) in [6.45, 7) is 0.644. The Morgan fingerprint density at radius 2 is 0.676 bits per heavy atom. The minimum Gasteiger partial charge on any atom is -0.497 e. The first-order chi connectivity index (χ1) is 32.4. The van der Waals surface area contributed by atoms with E-state index in [1.807, 2.05) is 60.7 Å². The molecule has 7 nitrogen and oxygen atoms in total. The van der Waals surface area contributed by atoms with Crippen LogP contribution in [-0.2, 0) is 24.4 Å². The van der Waals surface area contributed by atoms with Gasteiger partial charge in [0.15, 0.2) is 0 Å². The highest BCUT2D eigenvalue weighted by Crippen LogP contribution is 2.40. The van der Waals surface area contributed by atoms with Gasteiger partial charge in [0.2, 0.25) is 0 Å². The van der Waals surface area contributed by atoms with Crippen LogP contribution in [0.3, 0.4) is 0 Å². The number of hydrogen-bond donors (Lipinski definition) is 0. The molecule has 0 saturated heterocycles. The molecule has 0 aliphatic rings. The summed E-state index contributed by atoms with van der Waals surface area (Å²) < 4.78 is 128. The van der Waals surface area contributed by atoms with E-state index in [-0.39, 0.29) is 0 Å². The van der Waals surface area contributed by atoms with Crippen molar-refractivity contribution in [3.8, 4) is 33.8 Å². The molecule has 0 atom stereocenters. The van der Waals surface area contributed by atoms with Gasteiger partial charge in [-0.05, 0) is 130 Å². The third-order valence-electron chi connectivity index (χ3n) is 11.1. The fourth-order valence-corrected chi connectivity index (χ4v) is 9.00. The quantitative estimate of drug-likeness (QED) is 0.0679. The first-order valence-electron chi connectivity index (χ1n) is 20.8. The first kappa shape index (κ1) is 47.3. The lowest BCUT2D eigenvalue weighted by atomic mass is 9.92. The third-order valence-corrected chi connectivity index (χ3v) is 13.2. The van der Waals surface area contributed by atoms with Crippen molar-refractivity contribution >= 4 is 84.9 Å². The predicted molar refractivity (Wildman–Crippen MR) is 258 cm³/mol. The highest BCUT2D eigenvalue weighted by Gasteiger charge is 2.48. The van der Waals surface area contributed by atoms with Crippen LogP contribution in [-0.4, -0.2) is 41.6 Å². The number of fused-ring (bicyclic) bond motifs is 12. The predicted octanol–water partition coefficient (Wildman–Crippen LogP) is 14.7. The maximum absolute atomic E-state index is 12.7.